The van der Waals surface area contributed by atoms with Crippen molar-refractivity contribution in [3.63, 3.8) is 0 Å². The van der Waals surface area contributed by atoms with Gasteiger partial charge in [-0.1, -0.05) is 34.8 Å². The normalized spacial score (nSPS) is 14.5. The predicted molar refractivity (Wildman–Crippen MR) is 78.8 cm³/mol. The van der Waals surface area contributed by atoms with E-state index in [-0.39, 0.29) is 5.71 Å². The summed E-state index contributed by atoms with van der Waals surface area (Å²) in [6.07, 6.45) is -0.964. The predicted octanol–water partition coefficient (Wildman–Crippen LogP) is 3.02. The van der Waals surface area contributed by atoms with Crippen molar-refractivity contribution in [2.24, 2.45) is 5.10 Å². The molecule has 1 unspecified atom stereocenters. The lowest BCUT2D eigenvalue weighted by molar-refractivity contribution is -0.138. The molecule has 0 radical (unpaired) electrons. The second kappa shape index (κ2) is 7.54. The van der Waals surface area contributed by atoms with Gasteiger partial charge in [0.2, 0.25) is 3.79 Å². The molecule has 0 rings (SSSR count). The topological polar surface area (TPSA) is 77.0 Å². The molecule has 0 heterocycles. The Morgan fingerprint density at radius 1 is 1.25 bits per heavy atom. The van der Waals surface area contributed by atoms with Gasteiger partial charge in [0, 0.05) is 0 Å². The van der Waals surface area contributed by atoms with Crippen molar-refractivity contribution in [1.82, 2.24) is 5.43 Å². The summed E-state index contributed by atoms with van der Waals surface area (Å²) in [5, 5.41) is 2.47. The number of hydrogen-bond acceptors (Lipinski definition) is 5. The van der Waals surface area contributed by atoms with Crippen LogP contribution in [0.4, 0.5) is 4.79 Å². The van der Waals surface area contributed by atoms with E-state index in [1.165, 1.54) is 27.9 Å². The van der Waals surface area contributed by atoms with Crippen LogP contribution in [-0.2, 0) is 14.3 Å². The summed E-state index contributed by atoms with van der Waals surface area (Å²) in [6, 6.07) is 0. The molecule has 0 bridgehead atoms. The number of esters is 1. The third kappa shape index (κ3) is 5.91. The molecular formula is C10H14Cl4N2O4. The van der Waals surface area contributed by atoms with E-state index in [1.807, 2.05) is 5.43 Å². The summed E-state index contributed by atoms with van der Waals surface area (Å²) >= 11 is 22.7. The van der Waals surface area contributed by atoms with Crippen LogP contribution in [0.3, 0.4) is 0 Å². The molecule has 0 aliphatic rings. The number of halogens is 4. The first kappa shape index (κ1) is 19.6. The number of hydrazone groups is 1. The van der Waals surface area contributed by atoms with Gasteiger partial charge in [-0.15, -0.1) is 11.6 Å². The van der Waals surface area contributed by atoms with Crippen molar-refractivity contribution in [1.29, 1.82) is 0 Å². The van der Waals surface area contributed by atoms with Gasteiger partial charge in [-0.3, -0.25) is 4.79 Å². The molecule has 0 aromatic heterocycles. The molecule has 1 atom stereocenters. The number of hydrogen-bond donors (Lipinski definition) is 1. The SMILES string of the molecule is COC(=O)C(Cl)/C(C)=N/NC(=O)OC(C)(C)C(Cl)(Cl)Cl. The highest BCUT2D eigenvalue weighted by atomic mass is 35.6. The van der Waals surface area contributed by atoms with Crippen LogP contribution in [-0.4, -0.2) is 39.7 Å². The second-order valence-corrected chi connectivity index (χ2v) is 6.87. The Bertz CT molecular complexity index is 407. The van der Waals surface area contributed by atoms with Gasteiger partial charge in [0.25, 0.3) is 0 Å². The number of nitrogens with one attached hydrogen (secondary N) is 1. The fourth-order valence-electron chi connectivity index (χ4n) is 0.777. The molecule has 0 saturated carbocycles. The fourth-order valence-corrected chi connectivity index (χ4v) is 1.03. The van der Waals surface area contributed by atoms with E-state index in [4.69, 9.17) is 51.1 Å². The summed E-state index contributed by atoms with van der Waals surface area (Å²) < 4.78 is 7.51. The van der Waals surface area contributed by atoms with Gasteiger partial charge in [0.15, 0.2) is 11.0 Å². The van der Waals surface area contributed by atoms with Crippen molar-refractivity contribution >= 4 is 64.2 Å². The maximum Gasteiger partial charge on any atom is 0.428 e. The van der Waals surface area contributed by atoms with E-state index in [0.29, 0.717) is 0 Å². The number of rotatable bonds is 4. The van der Waals surface area contributed by atoms with Gasteiger partial charge in [0.05, 0.1) is 12.8 Å². The first-order valence-corrected chi connectivity index (χ1v) is 6.81. The fraction of sp³-hybridized carbons (Fsp3) is 0.700. The highest BCUT2D eigenvalue weighted by Crippen LogP contribution is 2.40. The lowest BCUT2D eigenvalue weighted by Gasteiger charge is -2.31. The molecule has 1 N–H and O–H groups in total. The van der Waals surface area contributed by atoms with E-state index in [9.17, 15) is 9.59 Å². The summed E-state index contributed by atoms with van der Waals surface area (Å²) in [5.41, 5.74) is 0.761. The zero-order chi connectivity index (χ0) is 16.1. The zero-order valence-corrected chi connectivity index (χ0v) is 14.2. The third-order valence-corrected chi connectivity index (χ3v) is 3.99. The molecule has 0 aromatic carbocycles. The average Bonchev–Trinajstić information content (AvgIpc) is 2.32. The molecule has 0 saturated heterocycles. The smallest absolute Gasteiger partial charge is 0.428 e. The van der Waals surface area contributed by atoms with Crippen LogP contribution in [0.2, 0.25) is 0 Å². The number of carbonyl (C=O) groups is 2. The van der Waals surface area contributed by atoms with Gasteiger partial charge in [-0.2, -0.15) is 5.10 Å². The van der Waals surface area contributed by atoms with Crippen LogP contribution >= 0.6 is 46.4 Å². The summed E-state index contributed by atoms with van der Waals surface area (Å²) in [5.74, 6) is -0.704. The van der Waals surface area contributed by atoms with E-state index < -0.39 is 26.8 Å². The third-order valence-electron chi connectivity index (χ3n) is 2.13. The van der Waals surface area contributed by atoms with Gasteiger partial charge >= 0.3 is 12.1 Å². The van der Waals surface area contributed by atoms with Crippen molar-refractivity contribution in [3.05, 3.63) is 0 Å². The molecule has 0 aliphatic heterocycles. The average molecular weight is 368 g/mol. The van der Waals surface area contributed by atoms with Crippen LogP contribution in [0.1, 0.15) is 20.8 Å². The molecule has 0 aromatic rings. The van der Waals surface area contributed by atoms with Crippen molar-refractivity contribution < 1.29 is 19.1 Å². The molecule has 116 valence electrons. The van der Waals surface area contributed by atoms with E-state index in [2.05, 4.69) is 9.84 Å². The molecule has 1 amide bonds. The highest BCUT2D eigenvalue weighted by molar-refractivity contribution is 6.68. The molecule has 10 heteroatoms. The first-order chi connectivity index (χ1) is 8.92. The van der Waals surface area contributed by atoms with E-state index in [1.54, 1.807) is 0 Å². The Kier molecular flexibility index (Phi) is 7.38. The Morgan fingerprint density at radius 3 is 2.15 bits per heavy atom. The van der Waals surface area contributed by atoms with Crippen LogP contribution in [0.15, 0.2) is 5.10 Å². The largest absolute Gasteiger partial charge is 0.468 e. The number of carbonyl (C=O) groups excluding carboxylic acids is 2. The lowest BCUT2D eigenvalue weighted by Crippen LogP contribution is -2.43. The molecular weight excluding hydrogens is 354 g/mol. The van der Waals surface area contributed by atoms with Gasteiger partial charge in [-0.05, 0) is 20.8 Å². The Labute approximate surface area is 136 Å². The van der Waals surface area contributed by atoms with Gasteiger partial charge in [0.1, 0.15) is 0 Å². The monoisotopic (exact) mass is 366 g/mol. The van der Waals surface area contributed by atoms with Crippen molar-refractivity contribution in [3.8, 4) is 0 Å². The summed E-state index contributed by atoms with van der Waals surface area (Å²) in [7, 11) is 1.18. The van der Waals surface area contributed by atoms with Crippen molar-refractivity contribution in [2.75, 3.05) is 7.11 Å². The zero-order valence-electron chi connectivity index (χ0n) is 11.2. The summed E-state index contributed by atoms with van der Waals surface area (Å²) in [4.78, 5) is 22.6. The molecule has 0 spiro atoms. The Hall–Kier alpha value is -0.430. The van der Waals surface area contributed by atoms with Gasteiger partial charge < -0.3 is 9.47 Å². The minimum absolute atomic E-state index is 0.113. The summed E-state index contributed by atoms with van der Waals surface area (Å²) in [6.45, 7) is 4.25. The van der Waals surface area contributed by atoms with Crippen LogP contribution in [0, 0.1) is 0 Å². The maximum atomic E-state index is 11.5. The number of methoxy groups -OCH3 is 1. The molecule has 6 nitrogen and oxygen atoms in total. The van der Waals surface area contributed by atoms with Gasteiger partial charge in [-0.25, -0.2) is 10.2 Å². The molecule has 20 heavy (non-hydrogen) atoms. The minimum atomic E-state index is -1.82. The molecule has 0 aliphatic carbocycles. The highest BCUT2D eigenvalue weighted by Gasteiger charge is 2.44. The van der Waals surface area contributed by atoms with Crippen LogP contribution in [0.5, 0.6) is 0 Å². The standard InChI is InChI=1S/C10H14Cl4N2O4/c1-5(6(11)7(17)19-4)15-16-8(18)20-9(2,3)10(12,13)14/h6H,1-4H3,(H,16,18)/b15-5+. The maximum absolute atomic E-state index is 11.5. The van der Waals surface area contributed by atoms with E-state index in [0.717, 1.165) is 0 Å². The Morgan fingerprint density at radius 2 is 1.75 bits per heavy atom. The van der Waals surface area contributed by atoms with E-state index >= 15 is 0 Å². The lowest BCUT2D eigenvalue weighted by atomic mass is 10.2. The quantitative estimate of drug-likeness (QED) is 0.358. The molecule has 0 fully saturated rings. The Balaban J connectivity index is 4.61. The minimum Gasteiger partial charge on any atom is -0.468 e. The van der Waals surface area contributed by atoms with Crippen LogP contribution < -0.4 is 5.43 Å². The van der Waals surface area contributed by atoms with Crippen molar-refractivity contribution in [2.45, 2.75) is 35.5 Å². The number of nitrogens with zero attached hydrogens (tertiary/aromatic N) is 1. The number of amides is 1. The second-order valence-electron chi connectivity index (χ2n) is 4.15. The first-order valence-electron chi connectivity index (χ1n) is 5.24. The number of alkyl halides is 4. The van der Waals surface area contributed by atoms with Crippen LogP contribution in [0.25, 0.3) is 0 Å². The number of ether oxygens (including phenoxy) is 2.